The molecular weight excluding hydrogens is 358 g/mol. The van der Waals surface area contributed by atoms with E-state index in [0.29, 0.717) is 37.0 Å². The number of anilines is 1. The van der Waals surface area contributed by atoms with Crippen LogP contribution in [0.25, 0.3) is 0 Å². The van der Waals surface area contributed by atoms with Gasteiger partial charge in [-0.2, -0.15) is 0 Å². The second-order valence-corrected chi connectivity index (χ2v) is 5.75. The molecule has 8 heteroatoms. The topological polar surface area (TPSA) is 98.3 Å². The minimum Gasteiger partial charge on any atom is -0.497 e. The van der Waals surface area contributed by atoms with Crippen LogP contribution in [0.1, 0.15) is 16.1 Å². The minimum atomic E-state index is -0.255. The van der Waals surface area contributed by atoms with Gasteiger partial charge in [0.1, 0.15) is 18.1 Å². The van der Waals surface area contributed by atoms with Crippen molar-refractivity contribution in [1.82, 2.24) is 20.3 Å². The number of carbonyl (C=O) groups excluding carboxylic acids is 1. The SMILES string of the molecule is COc1ccc(OCCNC(=O)c2cnc(NCc3ccccn3)nc2)cc1. The van der Waals surface area contributed by atoms with Gasteiger partial charge in [0.15, 0.2) is 0 Å². The van der Waals surface area contributed by atoms with Gasteiger partial charge in [0.25, 0.3) is 5.91 Å². The van der Waals surface area contributed by atoms with Crippen LogP contribution in [0.15, 0.2) is 61.1 Å². The molecule has 0 saturated heterocycles. The number of amides is 1. The van der Waals surface area contributed by atoms with Gasteiger partial charge in [-0.15, -0.1) is 0 Å². The van der Waals surface area contributed by atoms with E-state index < -0.39 is 0 Å². The van der Waals surface area contributed by atoms with E-state index in [9.17, 15) is 4.79 Å². The van der Waals surface area contributed by atoms with E-state index in [2.05, 4.69) is 25.6 Å². The number of benzene rings is 1. The van der Waals surface area contributed by atoms with Crippen LogP contribution in [0, 0.1) is 0 Å². The normalized spacial score (nSPS) is 10.2. The van der Waals surface area contributed by atoms with Crippen molar-refractivity contribution in [3.63, 3.8) is 0 Å². The molecule has 0 fully saturated rings. The average molecular weight is 379 g/mol. The predicted molar refractivity (Wildman–Crippen MR) is 104 cm³/mol. The minimum absolute atomic E-state index is 0.255. The fraction of sp³-hybridized carbons (Fsp3) is 0.200. The third kappa shape index (κ3) is 5.66. The highest BCUT2D eigenvalue weighted by molar-refractivity contribution is 5.93. The Hall–Kier alpha value is -3.68. The molecule has 8 nitrogen and oxygen atoms in total. The molecule has 0 aliphatic carbocycles. The van der Waals surface area contributed by atoms with Crippen LogP contribution in [-0.4, -0.2) is 41.1 Å². The van der Waals surface area contributed by atoms with E-state index in [1.54, 1.807) is 13.3 Å². The molecular formula is C20H21N5O3. The Kier molecular flexibility index (Phi) is 6.73. The lowest BCUT2D eigenvalue weighted by Crippen LogP contribution is -2.28. The Labute approximate surface area is 163 Å². The van der Waals surface area contributed by atoms with Gasteiger partial charge >= 0.3 is 0 Å². The summed E-state index contributed by atoms with van der Waals surface area (Å²) in [5.41, 5.74) is 1.26. The maximum Gasteiger partial charge on any atom is 0.254 e. The summed E-state index contributed by atoms with van der Waals surface area (Å²) in [6.45, 7) is 1.22. The van der Waals surface area contributed by atoms with Gasteiger partial charge in [-0.3, -0.25) is 9.78 Å². The molecule has 0 spiro atoms. The van der Waals surface area contributed by atoms with Crippen LogP contribution in [0.4, 0.5) is 5.95 Å². The number of methoxy groups -OCH3 is 1. The fourth-order valence-corrected chi connectivity index (χ4v) is 2.32. The van der Waals surface area contributed by atoms with Crippen molar-refractivity contribution in [3.8, 4) is 11.5 Å². The molecule has 2 aromatic heterocycles. The summed E-state index contributed by atoms with van der Waals surface area (Å²) >= 11 is 0. The van der Waals surface area contributed by atoms with Crippen molar-refractivity contribution in [1.29, 1.82) is 0 Å². The van der Waals surface area contributed by atoms with Crippen molar-refractivity contribution in [2.45, 2.75) is 6.54 Å². The smallest absolute Gasteiger partial charge is 0.254 e. The standard InChI is InChI=1S/C20H21N5O3/c1-27-17-5-7-18(8-6-17)28-11-10-22-19(26)15-12-23-20(24-13-15)25-14-16-4-2-3-9-21-16/h2-9,12-13H,10-11,14H2,1H3,(H,22,26)(H,23,24,25). The summed E-state index contributed by atoms with van der Waals surface area (Å²) in [7, 11) is 1.61. The molecule has 0 aliphatic rings. The summed E-state index contributed by atoms with van der Waals surface area (Å²) in [6, 6.07) is 12.9. The van der Waals surface area contributed by atoms with Crippen molar-refractivity contribution >= 4 is 11.9 Å². The Morgan fingerprint density at radius 1 is 1.00 bits per heavy atom. The molecule has 1 amide bonds. The monoisotopic (exact) mass is 379 g/mol. The van der Waals surface area contributed by atoms with Gasteiger partial charge < -0.3 is 20.1 Å². The molecule has 0 unspecified atom stereocenters. The molecule has 0 atom stereocenters. The number of hydrogen-bond donors (Lipinski definition) is 2. The first kappa shape index (κ1) is 19.1. The van der Waals surface area contributed by atoms with Crippen molar-refractivity contribution in [3.05, 3.63) is 72.3 Å². The summed E-state index contributed by atoms with van der Waals surface area (Å²) in [4.78, 5) is 24.7. The lowest BCUT2D eigenvalue weighted by molar-refractivity contribution is 0.0946. The third-order valence-corrected chi connectivity index (χ3v) is 3.78. The van der Waals surface area contributed by atoms with Gasteiger partial charge in [0.2, 0.25) is 5.95 Å². The second kappa shape index (κ2) is 9.86. The quantitative estimate of drug-likeness (QED) is 0.551. The van der Waals surface area contributed by atoms with Crippen LogP contribution >= 0.6 is 0 Å². The van der Waals surface area contributed by atoms with E-state index in [1.165, 1.54) is 12.4 Å². The number of hydrogen-bond acceptors (Lipinski definition) is 7. The Balaban J connectivity index is 1.40. The molecule has 3 aromatic rings. The van der Waals surface area contributed by atoms with E-state index >= 15 is 0 Å². The van der Waals surface area contributed by atoms with Crippen LogP contribution in [-0.2, 0) is 6.54 Å². The molecule has 1 aromatic carbocycles. The van der Waals surface area contributed by atoms with Gasteiger partial charge in [-0.05, 0) is 36.4 Å². The first-order valence-electron chi connectivity index (χ1n) is 8.75. The van der Waals surface area contributed by atoms with E-state index in [1.807, 2.05) is 42.5 Å². The Morgan fingerprint density at radius 3 is 2.43 bits per heavy atom. The van der Waals surface area contributed by atoms with Gasteiger partial charge in [0.05, 0.1) is 31.5 Å². The lowest BCUT2D eigenvalue weighted by atomic mass is 10.3. The zero-order valence-electron chi connectivity index (χ0n) is 15.5. The first-order valence-corrected chi connectivity index (χ1v) is 8.75. The third-order valence-electron chi connectivity index (χ3n) is 3.78. The summed E-state index contributed by atoms with van der Waals surface area (Å²) in [5.74, 6) is 1.65. The molecule has 2 N–H and O–H groups in total. The highest BCUT2D eigenvalue weighted by atomic mass is 16.5. The van der Waals surface area contributed by atoms with Gasteiger partial charge in [-0.25, -0.2) is 9.97 Å². The van der Waals surface area contributed by atoms with Crippen LogP contribution in [0.5, 0.6) is 11.5 Å². The summed E-state index contributed by atoms with van der Waals surface area (Å²) in [5, 5.41) is 5.83. The lowest BCUT2D eigenvalue weighted by Gasteiger charge is -2.09. The maximum absolute atomic E-state index is 12.1. The number of nitrogens with one attached hydrogen (secondary N) is 2. The van der Waals surface area contributed by atoms with Crippen molar-refractivity contribution in [2.24, 2.45) is 0 Å². The molecule has 2 heterocycles. The molecule has 144 valence electrons. The predicted octanol–water partition coefficient (Wildman–Crippen LogP) is 2.30. The van der Waals surface area contributed by atoms with E-state index in [4.69, 9.17) is 9.47 Å². The summed E-state index contributed by atoms with van der Waals surface area (Å²) in [6.07, 6.45) is 4.69. The van der Waals surface area contributed by atoms with Gasteiger partial charge in [0, 0.05) is 18.6 Å². The number of aromatic nitrogens is 3. The molecule has 3 rings (SSSR count). The zero-order valence-corrected chi connectivity index (χ0v) is 15.5. The highest BCUT2D eigenvalue weighted by Gasteiger charge is 2.07. The largest absolute Gasteiger partial charge is 0.497 e. The number of ether oxygens (including phenoxy) is 2. The zero-order chi connectivity index (χ0) is 19.6. The molecule has 0 aliphatic heterocycles. The highest BCUT2D eigenvalue weighted by Crippen LogP contribution is 2.16. The first-order chi connectivity index (χ1) is 13.7. The average Bonchev–Trinajstić information content (AvgIpc) is 2.76. The molecule has 0 saturated carbocycles. The van der Waals surface area contributed by atoms with Crippen LogP contribution in [0.3, 0.4) is 0 Å². The number of rotatable bonds is 9. The molecule has 0 bridgehead atoms. The molecule has 28 heavy (non-hydrogen) atoms. The number of nitrogens with zero attached hydrogens (tertiary/aromatic N) is 3. The van der Waals surface area contributed by atoms with E-state index in [-0.39, 0.29) is 5.91 Å². The fourth-order valence-electron chi connectivity index (χ4n) is 2.32. The van der Waals surface area contributed by atoms with Crippen molar-refractivity contribution in [2.75, 3.05) is 25.6 Å². The summed E-state index contributed by atoms with van der Waals surface area (Å²) < 4.78 is 10.7. The number of pyridine rings is 1. The Morgan fingerprint density at radius 2 is 1.75 bits per heavy atom. The van der Waals surface area contributed by atoms with Crippen LogP contribution in [0.2, 0.25) is 0 Å². The van der Waals surface area contributed by atoms with E-state index in [0.717, 1.165) is 11.4 Å². The van der Waals surface area contributed by atoms with Crippen molar-refractivity contribution < 1.29 is 14.3 Å². The Bertz CT molecular complexity index is 871. The maximum atomic E-state index is 12.1. The number of carbonyl (C=O) groups is 1. The second-order valence-electron chi connectivity index (χ2n) is 5.75. The molecule has 0 radical (unpaired) electrons. The van der Waals surface area contributed by atoms with Crippen LogP contribution < -0.4 is 20.1 Å². The van der Waals surface area contributed by atoms with Gasteiger partial charge in [-0.1, -0.05) is 6.07 Å².